The van der Waals surface area contributed by atoms with Crippen molar-refractivity contribution in [3.05, 3.63) is 35.7 Å². The minimum absolute atomic E-state index is 0.289. The summed E-state index contributed by atoms with van der Waals surface area (Å²) in [4.78, 5) is 12.9. The van der Waals surface area contributed by atoms with Crippen LogP contribution in [-0.2, 0) is 20.1 Å². The van der Waals surface area contributed by atoms with Crippen LogP contribution in [0.5, 0.6) is 11.5 Å². The molecule has 0 aliphatic carbocycles. The fourth-order valence-electron chi connectivity index (χ4n) is 2.96. The number of ether oxygens (including phenoxy) is 2. The largest absolute Gasteiger partial charge is 0.454 e. The molecule has 2 aromatic rings. The van der Waals surface area contributed by atoms with Crippen molar-refractivity contribution in [2.24, 2.45) is 12.0 Å². The number of aromatic nitrogens is 2. The van der Waals surface area contributed by atoms with Crippen LogP contribution in [-0.4, -0.2) is 55.4 Å². The van der Waals surface area contributed by atoms with E-state index in [-0.39, 0.29) is 6.79 Å². The maximum atomic E-state index is 5.45. The molecule has 0 fully saturated rings. The summed E-state index contributed by atoms with van der Waals surface area (Å²) in [6.07, 6.45) is 1.88. The minimum Gasteiger partial charge on any atom is -0.454 e. The Bertz CT molecular complexity index is 799. The van der Waals surface area contributed by atoms with Gasteiger partial charge in [0.25, 0.3) is 0 Å². The molecule has 8 nitrogen and oxygen atoms in total. The highest BCUT2D eigenvalue weighted by molar-refractivity contribution is 5.79. The van der Waals surface area contributed by atoms with E-state index in [1.807, 2.05) is 57.5 Å². The Labute approximate surface area is 154 Å². The number of hydrogen-bond donors (Lipinski definition) is 1. The third-order valence-corrected chi connectivity index (χ3v) is 4.32. The van der Waals surface area contributed by atoms with Crippen molar-refractivity contribution in [1.29, 1.82) is 0 Å². The molecule has 1 N–H and O–H groups in total. The molecule has 0 saturated heterocycles. The van der Waals surface area contributed by atoms with Gasteiger partial charge in [-0.3, -0.25) is 4.99 Å². The number of fused-ring (bicyclic) bond motifs is 1. The number of rotatable bonds is 5. The molecule has 0 atom stereocenters. The predicted octanol–water partition coefficient (Wildman–Crippen LogP) is 1.42. The summed E-state index contributed by atoms with van der Waals surface area (Å²) in [6, 6.07) is 6.00. The molecule has 0 unspecified atom stereocenters. The van der Waals surface area contributed by atoms with Crippen LogP contribution in [0.15, 0.2) is 29.4 Å². The summed E-state index contributed by atoms with van der Waals surface area (Å²) in [5.41, 5.74) is 2.22. The number of imidazole rings is 1. The van der Waals surface area contributed by atoms with Crippen LogP contribution >= 0.6 is 0 Å². The first kappa shape index (κ1) is 17.9. The quantitative estimate of drug-likeness (QED) is 0.644. The van der Waals surface area contributed by atoms with E-state index in [0.29, 0.717) is 13.1 Å². The molecule has 8 heteroatoms. The lowest BCUT2D eigenvalue weighted by Crippen LogP contribution is -2.38. The average Bonchev–Trinajstić information content (AvgIpc) is 3.21. The van der Waals surface area contributed by atoms with E-state index in [1.54, 1.807) is 7.05 Å². The van der Waals surface area contributed by atoms with E-state index < -0.39 is 0 Å². The Balaban J connectivity index is 1.62. The highest BCUT2D eigenvalue weighted by Crippen LogP contribution is 2.32. The molecular weight excluding hydrogens is 332 g/mol. The highest BCUT2D eigenvalue weighted by Gasteiger charge is 2.15. The van der Waals surface area contributed by atoms with Gasteiger partial charge in [-0.25, -0.2) is 4.98 Å². The van der Waals surface area contributed by atoms with Crippen LogP contribution in [0.1, 0.15) is 11.3 Å². The first-order valence-electron chi connectivity index (χ1n) is 8.48. The van der Waals surface area contributed by atoms with E-state index in [0.717, 1.165) is 34.7 Å². The molecular formula is C18H26N6O2. The van der Waals surface area contributed by atoms with Crippen molar-refractivity contribution in [1.82, 2.24) is 19.8 Å². The molecule has 1 aromatic heterocycles. The van der Waals surface area contributed by atoms with Gasteiger partial charge in [0, 0.05) is 41.8 Å². The fourth-order valence-corrected chi connectivity index (χ4v) is 2.96. The molecule has 0 radical (unpaired) electrons. The second kappa shape index (κ2) is 7.55. The van der Waals surface area contributed by atoms with Crippen LogP contribution < -0.4 is 19.7 Å². The smallest absolute Gasteiger partial charge is 0.231 e. The molecule has 0 saturated carbocycles. The van der Waals surface area contributed by atoms with Crippen molar-refractivity contribution < 1.29 is 9.47 Å². The van der Waals surface area contributed by atoms with Crippen molar-refractivity contribution in [3.8, 4) is 11.5 Å². The standard InChI is InChI=1S/C18H26N6O2/c1-19-17(20-9-14-10-21-18(22(2)3)24(14)5)23(4)11-13-6-7-15-16(8-13)26-12-25-15/h6-8,10H,9,11-12H2,1-5H3,(H,19,20). The molecule has 1 aliphatic rings. The topological polar surface area (TPSA) is 67.2 Å². The van der Waals surface area contributed by atoms with Gasteiger partial charge < -0.3 is 29.2 Å². The Morgan fingerprint density at radius 2 is 2.04 bits per heavy atom. The van der Waals surface area contributed by atoms with Gasteiger partial charge in [0.2, 0.25) is 12.7 Å². The van der Waals surface area contributed by atoms with Gasteiger partial charge in [0.15, 0.2) is 17.5 Å². The summed E-state index contributed by atoms with van der Waals surface area (Å²) in [5.74, 6) is 3.33. The Morgan fingerprint density at radius 1 is 1.27 bits per heavy atom. The second-order valence-corrected chi connectivity index (χ2v) is 6.45. The van der Waals surface area contributed by atoms with Crippen LogP contribution in [0.25, 0.3) is 0 Å². The van der Waals surface area contributed by atoms with Crippen LogP contribution in [0, 0.1) is 0 Å². The third kappa shape index (κ3) is 3.68. The Hall–Kier alpha value is -2.90. The molecule has 1 aliphatic heterocycles. The zero-order valence-corrected chi connectivity index (χ0v) is 16.0. The van der Waals surface area contributed by atoms with Gasteiger partial charge in [-0.2, -0.15) is 0 Å². The van der Waals surface area contributed by atoms with Crippen LogP contribution in [0.2, 0.25) is 0 Å². The first-order valence-corrected chi connectivity index (χ1v) is 8.48. The van der Waals surface area contributed by atoms with E-state index >= 15 is 0 Å². The first-order chi connectivity index (χ1) is 12.5. The van der Waals surface area contributed by atoms with E-state index in [4.69, 9.17) is 9.47 Å². The molecule has 0 bridgehead atoms. The molecule has 1 aromatic carbocycles. The number of hydrogen-bond acceptors (Lipinski definition) is 5. The zero-order valence-electron chi connectivity index (χ0n) is 16.0. The Kier molecular flexibility index (Phi) is 5.20. The minimum atomic E-state index is 0.289. The number of nitrogens with one attached hydrogen (secondary N) is 1. The van der Waals surface area contributed by atoms with Gasteiger partial charge in [0.1, 0.15) is 0 Å². The number of nitrogens with zero attached hydrogens (tertiary/aromatic N) is 5. The van der Waals surface area contributed by atoms with Gasteiger partial charge in [-0.15, -0.1) is 0 Å². The van der Waals surface area contributed by atoms with Crippen LogP contribution in [0.3, 0.4) is 0 Å². The van der Waals surface area contributed by atoms with Gasteiger partial charge in [-0.05, 0) is 17.7 Å². The van der Waals surface area contributed by atoms with Crippen LogP contribution in [0.4, 0.5) is 5.95 Å². The van der Waals surface area contributed by atoms with E-state index in [1.165, 1.54) is 0 Å². The molecule has 3 rings (SSSR count). The lowest BCUT2D eigenvalue weighted by Gasteiger charge is -2.22. The number of benzene rings is 1. The average molecular weight is 358 g/mol. The zero-order chi connectivity index (χ0) is 18.7. The summed E-state index contributed by atoms with van der Waals surface area (Å²) in [7, 11) is 9.77. The van der Waals surface area contributed by atoms with Gasteiger partial charge in [0.05, 0.1) is 18.4 Å². The van der Waals surface area contributed by atoms with Crippen molar-refractivity contribution >= 4 is 11.9 Å². The monoisotopic (exact) mass is 358 g/mol. The number of guanidine groups is 1. The molecule has 140 valence electrons. The molecule has 0 spiro atoms. The SMILES string of the molecule is CN=C(NCc1cnc(N(C)C)n1C)N(C)Cc1ccc2c(c1)OCO2. The fraction of sp³-hybridized carbons (Fsp3) is 0.444. The molecule has 26 heavy (non-hydrogen) atoms. The Morgan fingerprint density at radius 3 is 2.73 bits per heavy atom. The van der Waals surface area contributed by atoms with Gasteiger partial charge >= 0.3 is 0 Å². The van der Waals surface area contributed by atoms with Crippen molar-refractivity contribution in [2.75, 3.05) is 39.9 Å². The maximum Gasteiger partial charge on any atom is 0.231 e. The number of aliphatic imine (C=N–C) groups is 1. The summed E-state index contributed by atoms with van der Waals surface area (Å²) >= 11 is 0. The summed E-state index contributed by atoms with van der Waals surface area (Å²) in [5, 5.41) is 3.39. The van der Waals surface area contributed by atoms with E-state index in [9.17, 15) is 0 Å². The maximum absolute atomic E-state index is 5.45. The lowest BCUT2D eigenvalue weighted by molar-refractivity contribution is 0.174. The second-order valence-electron chi connectivity index (χ2n) is 6.45. The van der Waals surface area contributed by atoms with Gasteiger partial charge in [-0.1, -0.05) is 6.07 Å². The predicted molar refractivity (Wildman–Crippen MR) is 102 cm³/mol. The van der Waals surface area contributed by atoms with Crippen molar-refractivity contribution in [3.63, 3.8) is 0 Å². The van der Waals surface area contributed by atoms with E-state index in [2.05, 4.69) is 24.8 Å². The normalized spacial score (nSPS) is 13.0. The summed E-state index contributed by atoms with van der Waals surface area (Å²) < 4.78 is 12.9. The highest BCUT2D eigenvalue weighted by atomic mass is 16.7. The lowest BCUT2D eigenvalue weighted by atomic mass is 10.2. The molecule has 2 heterocycles. The summed E-state index contributed by atoms with van der Waals surface area (Å²) in [6.45, 7) is 1.65. The number of anilines is 1. The molecule has 0 amide bonds. The third-order valence-electron chi connectivity index (χ3n) is 4.32. The van der Waals surface area contributed by atoms with Crippen molar-refractivity contribution in [2.45, 2.75) is 13.1 Å².